The van der Waals surface area contributed by atoms with E-state index in [9.17, 15) is 19.2 Å². The highest BCUT2D eigenvalue weighted by molar-refractivity contribution is 6.09. The molecule has 4 rings (SSSR count). The van der Waals surface area contributed by atoms with Gasteiger partial charge in [0.25, 0.3) is 11.8 Å². The van der Waals surface area contributed by atoms with Crippen LogP contribution in [0.4, 0.5) is 4.79 Å². The SMILES string of the molecule is CC1CCCCC12NC(=O)N(CC(=O)NCc1cccc(C(=O)N3CCCCC3)c1)C2=O. The lowest BCUT2D eigenvalue weighted by Crippen LogP contribution is -2.54. The number of amides is 5. The molecule has 2 saturated heterocycles. The first-order valence-corrected chi connectivity index (χ1v) is 11.7. The molecule has 8 heteroatoms. The number of nitrogens with zero attached hydrogens (tertiary/aromatic N) is 2. The Kier molecular flexibility index (Phi) is 6.48. The van der Waals surface area contributed by atoms with Crippen LogP contribution in [-0.4, -0.2) is 58.7 Å². The molecule has 0 aromatic heterocycles. The molecule has 8 nitrogen and oxygen atoms in total. The van der Waals surface area contributed by atoms with Crippen LogP contribution in [0.5, 0.6) is 0 Å². The van der Waals surface area contributed by atoms with Crippen LogP contribution in [0.3, 0.4) is 0 Å². The van der Waals surface area contributed by atoms with Gasteiger partial charge < -0.3 is 15.5 Å². The average Bonchev–Trinajstić information content (AvgIpc) is 3.05. The fraction of sp³-hybridized carbons (Fsp3) is 0.583. The summed E-state index contributed by atoms with van der Waals surface area (Å²) in [4.78, 5) is 53.6. The largest absolute Gasteiger partial charge is 0.350 e. The molecule has 2 aliphatic heterocycles. The number of piperidine rings is 1. The lowest BCUT2D eigenvalue weighted by molar-refractivity contribution is -0.137. The van der Waals surface area contributed by atoms with E-state index in [0.29, 0.717) is 12.0 Å². The molecule has 5 amide bonds. The van der Waals surface area contributed by atoms with Crippen LogP contribution in [-0.2, 0) is 16.1 Å². The van der Waals surface area contributed by atoms with Gasteiger partial charge in [0.15, 0.2) is 0 Å². The molecule has 1 aromatic rings. The molecule has 32 heavy (non-hydrogen) atoms. The fourth-order valence-corrected chi connectivity index (χ4v) is 5.13. The van der Waals surface area contributed by atoms with Crippen molar-refractivity contribution in [2.75, 3.05) is 19.6 Å². The van der Waals surface area contributed by atoms with Gasteiger partial charge in [-0.2, -0.15) is 0 Å². The summed E-state index contributed by atoms with van der Waals surface area (Å²) in [6.45, 7) is 3.48. The molecule has 2 atom stereocenters. The highest BCUT2D eigenvalue weighted by Gasteiger charge is 2.55. The van der Waals surface area contributed by atoms with Crippen molar-refractivity contribution in [1.82, 2.24) is 20.4 Å². The lowest BCUT2D eigenvalue weighted by atomic mass is 9.73. The lowest BCUT2D eigenvalue weighted by Gasteiger charge is -2.36. The molecule has 1 saturated carbocycles. The van der Waals surface area contributed by atoms with Crippen molar-refractivity contribution >= 4 is 23.8 Å². The minimum absolute atomic E-state index is 0.0177. The minimum Gasteiger partial charge on any atom is -0.350 e. The molecule has 2 N–H and O–H groups in total. The van der Waals surface area contributed by atoms with Gasteiger partial charge in [-0.15, -0.1) is 0 Å². The Hall–Kier alpha value is -2.90. The van der Waals surface area contributed by atoms with Gasteiger partial charge in [0, 0.05) is 25.2 Å². The van der Waals surface area contributed by atoms with Crippen LogP contribution in [0.2, 0.25) is 0 Å². The van der Waals surface area contributed by atoms with E-state index >= 15 is 0 Å². The Bertz CT molecular complexity index is 911. The van der Waals surface area contributed by atoms with Gasteiger partial charge >= 0.3 is 6.03 Å². The van der Waals surface area contributed by atoms with Gasteiger partial charge in [-0.1, -0.05) is 31.9 Å². The number of carbonyl (C=O) groups excluding carboxylic acids is 4. The van der Waals surface area contributed by atoms with E-state index in [1.54, 1.807) is 12.1 Å². The van der Waals surface area contributed by atoms with Crippen LogP contribution >= 0.6 is 0 Å². The van der Waals surface area contributed by atoms with Gasteiger partial charge in [0.2, 0.25) is 5.91 Å². The normalized spacial score (nSPS) is 25.7. The highest BCUT2D eigenvalue weighted by atomic mass is 16.2. The summed E-state index contributed by atoms with van der Waals surface area (Å²) < 4.78 is 0. The highest BCUT2D eigenvalue weighted by Crippen LogP contribution is 2.38. The molecule has 3 aliphatic rings. The molecule has 172 valence electrons. The standard InChI is InChI=1S/C24H32N4O4/c1-17-8-3-4-11-24(17)22(31)28(23(32)26-24)16-20(29)25-15-18-9-7-10-19(14-18)21(30)27-12-5-2-6-13-27/h7,9-10,14,17H,2-6,8,11-13,15-16H2,1H3,(H,25,29)(H,26,32). The number of nitrogens with one attached hydrogen (secondary N) is 2. The quantitative estimate of drug-likeness (QED) is 0.687. The zero-order chi connectivity index (χ0) is 22.7. The maximum absolute atomic E-state index is 13.0. The first kappa shape index (κ1) is 22.3. The summed E-state index contributed by atoms with van der Waals surface area (Å²) >= 11 is 0. The number of rotatable bonds is 5. The predicted molar refractivity (Wildman–Crippen MR) is 119 cm³/mol. The molecule has 2 heterocycles. The maximum atomic E-state index is 13.0. The van der Waals surface area contributed by atoms with Crippen molar-refractivity contribution in [3.05, 3.63) is 35.4 Å². The molecule has 1 aliphatic carbocycles. The number of carbonyl (C=O) groups is 4. The van der Waals surface area contributed by atoms with E-state index in [2.05, 4.69) is 10.6 Å². The van der Waals surface area contributed by atoms with Gasteiger partial charge in [-0.25, -0.2) is 4.79 Å². The summed E-state index contributed by atoms with van der Waals surface area (Å²) in [5.41, 5.74) is 0.551. The zero-order valence-electron chi connectivity index (χ0n) is 18.7. The molecule has 0 radical (unpaired) electrons. The third kappa shape index (κ3) is 4.36. The summed E-state index contributed by atoms with van der Waals surface area (Å²) in [7, 11) is 0. The number of hydrogen-bond acceptors (Lipinski definition) is 4. The van der Waals surface area contributed by atoms with E-state index < -0.39 is 17.5 Å². The van der Waals surface area contributed by atoms with E-state index in [0.717, 1.165) is 62.1 Å². The zero-order valence-corrected chi connectivity index (χ0v) is 18.7. The van der Waals surface area contributed by atoms with Crippen molar-refractivity contribution in [2.24, 2.45) is 5.92 Å². The first-order valence-electron chi connectivity index (χ1n) is 11.7. The van der Waals surface area contributed by atoms with E-state index in [-0.39, 0.29) is 30.8 Å². The Morgan fingerprint density at radius 1 is 1.12 bits per heavy atom. The van der Waals surface area contributed by atoms with Gasteiger partial charge in [0.05, 0.1) is 0 Å². The fourth-order valence-electron chi connectivity index (χ4n) is 5.13. The van der Waals surface area contributed by atoms with Crippen LogP contribution in [0.1, 0.15) is 67.8 Å². The smallest absolute Gasteiger partial charge is 0.325 e. The summed E-state index contributed by atoms with van der Waals surface area (Å²) in [5.74, 6) is -0.620. The first-order chi connectivity index (χ1) is 15.4. The van der Waals surface area contributed by atoms with Crippen molar-refractivity contribution in [2.45, 2.75) is 64.0 Å². The third-order valence-corrected chi connectivity index (χ3v) is 7.11. The van der Waals surface area contributed by atoms with Crippen LogP contribution < -0.4 is 10.6 Å². The summed E-state index contributed by atoms with van der Waals surface area (Å²) in [6.07, 6.45) is 6.67. The number of likely N-dealkylation sites (tertiary alicyclic amines) is 1. The summed E-state index contributed by atoms with van der Waals surface area (Å²) in [6, 6.07) is 6.75. The molecular weight excluding hydrogens is 408 g/mol. The van der Waals surface area contributed by atoms with E-state index in [1.807, 2.05) is 24.0 Å². The van der Waals surface area contributed by atoms with Crippen LogP contribution in [0.15, 0.2) is 24.3 Å². The van der Waals surface area contributed by atoms with E-state index in [1.165, 1.54) is 0 Å². The molecule has 1 aromatic carbocycles. The van der Waals surface area contributed by atoms with Gasteiger partial charge in [-0.05, 0) is 55.7 Å². The second-order valence-corrected chi connectivity index (χ2v) is 9.27. The molecule has 0 bridgehead atoms. The molecule has 1 spiro atoms. The number of hydrogen-bond donors (Lipinski definition) is 2. The average molecular weight is 441 g/mol. The van der Waals surface area contributed by atoms with Crippen molar-refractivity contribution in [3.8, 4) is 0 Å². The molecule has 3 fully saturated rings. The molecular formula is C24H32N4O4. The topological polar surface area (TPSA) is 98.8 Å². The van der Waals surface area contributed by atoms with Crippen molar-refractivity contribution in [1.29, 1.82) is 0 Å². The van der Waals surface area contributed by atoms with Gasteiger partial charge in [-0.3, -0.25) is 19.3 Å². The molecule has 2 unspecified atom stereocenters. The second kappa shape index (κ2) is 9.30. The minimum atomic E-state index is -0.862. The predicted octanol–water partition coefficient (Wildman–Crippen LogP) is 2.43. The monoisotopic (exact) mass is 440 g/mol. The maximum Gasteiger partial charge on any atom is 0.325 e. The number of benzene rings is 1. The van der Waals surface area contributed by atoms with Crippen LogP contribution in [0, 0.1) is 5.92 Å². The Labute approximate surface area is 188 Å². The Morgan fingerprint density at radius 3 is 2.66 bits per heavy atom. The number of imide groups is 1. The van der Waals surface area contributed by atoms with Crippen molar-refractivity contribution in [3.63, 3.8) is 0 Å². The van der Waals surface area contributed by atoms with Crippen LogP contribution in [0.25, 0.3) is 0 Å². The number of urea groups is 1. The van der Waals surface area contributed by atoms with E-state index in [4.69, 9.17) is 0 Å². The van der Waals surface area contributed by atoms with Gasteiger partial charge in [0.1, 0.15) is 12.1 Å². The summed E-state index contributed by atoms with van der Waals surface area (Å²) in [5, 5.41) is 5.64. The van der Waals surface area contributed by atoms with Crippen molar-refractivity contribution < 1.29 is 19.2 Å². The second-order valence-electron chi connectivity index (χ2n) is 9.27. The Morgan fingerprint density at radius 2 is 1.91 bits per heavy atom. The Balaban J connectivity index is 1.34. The third-order valence-electron chi connectivity index (χ3n) is 7.11.